The second-order valence-electron chi connectivity index (χ2n) is 7.56. The smallest absolute Gasteiger partial charge is 0.254 e. The van der Waals surface area contributed by atoms with Gasteiger partial charge in [-0.05, 0) is 68.7 Å². The van der Waals surface area contributed by atoms with Crippen molar-refractivity contribution in [3.63, 3.8) is 0 Å². The van der Waals surface area contributed by atoms with Gasteiger partial charge in [-0.2, -0.15) is 0 Å². The van der Waals surface area contributed by atoms with Crippen molar-refractivity contribution in [2.24, 2.45) is 0 Å². The molecule has 148 valence electrons. The van der Waals surface area contributed by atoms with E-state index in [0.29, 0.717) is 13.1 Å². The van der Waals surface area contributed by atoms with Crippen LogP contribution < -0.4 is 5.32 Å². The molecule has 0 bridgehead atoms. The first-order valence-electron chi connectivity index (χ1n) is 10.1. The van der Waals surface area contributed by atoms with Gasteiger partial charge in [-0.25, -0.2) is 0 Å². The van der Waals surface area contributed by atoms with Gasteiger partial charge in [0.1, 0.15) is 0 Å². The van der Waals surface area contributed by atoms with Gasteiger partial charge in [-0.15, -0.1) is 0 Å². The van der Waals surface area contributed by atoms with Crippen molar-refractivity contribution in [3.05, 3.63) is 88.5 Å². The average Bonchev–Trinajstić information content (AvgIpc) is 2.72. The molecule has 0 saturated heterocycles. The van der Waals surface area contributed by atoms with Gasteiger partial charge in [-0.1, -0.05) is 18.2 Å². The number of hydrogen-bond donors (Lipinski definition) is 1. The molecule has 1 amide bonds. The van der Waals surface area contributed by atoms with Gasteiger partial charge < -0.3 is 10.2 Å². The number of nitrogens with zero attached hydrogens (tertiary/aromatic N) is 3. The molecule has 5 nitrogen and oxygen atoms in total. The molecule has 2 aromatic heterocycles. The summed E-state index contributed by atoms with van der Waals surface area (Å²) in [6, 6.07) is 17.8. The Bertz CT molecular complexity index is 983. The summed E-state index contributed by atoms with van der Waals surface area (Å²) in [5.74, 6) is 0.0252. The van der Waals surface area contributed by atoms with E-state index in [1.54, 1.807) is 0 Å². The third kappa shape index (κ3) is 4.45. The topological polar surface area (TPSA) is 58.1 Å². The molecule has 1 N–H and O–H groups in total. The SMILES string of the molecule is Cc1cccc(CN(Cc2cccc(C)n2)C(=O)c2cccc3c2CCCN3)n1. The Labute approximate surface area is 171 Å². The lowest BCUT2D eigenvalue weighted by molar-refractivity contribution is 0.0724. The van der Waals surface area contributed by atoms with E-state index in [4.69, 9.17) is 0 Å². The van der Waals surface area contributed by atoms with Crippen LogP contribution in [-0.4, -0.2) is 27.3 Å². The maximum Gasteiger partial charge on any atom is 0.254 e. The number of nitrogens with one attached hydrogen (secondary N) is 1. The molecule has 3 heterocycles. The van der Waals surface area contributed by atoms with Crippen molar-refractivity contribution >= 4 is 11.6 Å². The van der Waals surface area contributed by atoms with Gasteiger partial charge in [0.15, 0.2) is 0 Å². The van der Waals surface area contributed by atoms with Crippen molar-refractivity contribution in [2.45, 2.75) is 39.8 Å². The highest BCUT2D eigenvalue weighted by molar-refractivity contribution is 5.97. The number of aromatic nitrogens is 2. The molecule has 1 aliphatic rings. The van der Waals surface area contributed by atoms with Crippen molar-refractivity contribution < 1.29 is 4.79 Å². The van der Waals surface area contributed by atoms with E-state index in [2.05, 4.69) is 21.4 Å². The molecule has 5 heteroatoms. The Kier molecular flexibility index (Phi) is 5.56. The molecule has 0 unspecified atom stereocenters. The number of aryl methyl sites for hydroxylation is 2. The first-order valence-corrected chi connectivity index (χ1v) is 10.1. The lowest BCUT2D eigenvalue weighted by Gasteiger charge is -2.26. The molecule has 29 heavy (non-hydrogen) atoms. The van der Waals surface area contributed by atoms with E-state index < -0.39 is 0 Å². The minimum Gasteiger partial charge on any atom is -0.385 e. The summed E-state index contributed by atoms with van der Waals surface area (Å²) in [6.07, 6.45) is 1.96. The lowest BCUT2D eigenvalue weighted by atomic mass is 9.96. The Morgan fingerprint density at radius 2 is 1.55 bits per heavy atom. The molecule has 0 fully saturated rings. The number of pyridine rings is 2. The molecular weight excluding hydrogens is 360 g/mol. The maximum absolute atomic E-state index is 13.6. The van der Waals surface area contributed by atoms with Crippen molar-refractivity contribution in [1.82, 2.24) is 14.9 Å². The van der Waals surface area contributed by atoms with Crippen LogP contribution in [0, 0.1) is 13.8 Å². The second kappa shape index (κ2) is 8.43. The summed E-state index contributed by atoms with van der Waals surface area (Å²) in [5.41, 5.74) is 6.63. The zero-order valence-corrected chi connectivity index (χ0v) is 17.0. The highest BCUT2D eigenvalue weighted by Crippen LogP contribution is 2.27. The fourth-order valence-corrected chi connectivity index (χ4v) is 3.85. The van der Waals surface area contributed by atoms with Gasteiger partial charge in [0.25, 0.3) is 5.91 Å². The summed E-state index contributed by atoms with van der Waals surface area (Å²) in [6.45, 7) is 5.79. The van der Waals surface area contributed by atoms with Crippen LogP contribution in [0.4, 0.5) is 5.69 Å². The Morgan fingerprint density at radius 1 is 0.931 bits per heavy atom. The number of benzene rings is 1. The van der Waals surface area contributed by atoms with Crippen LogP contribution in [0.15, 0.2) is 54.6 Å². The molecule has 4 rings (SSSR count). The Balaban J connectivity index is 1.68. The van der Waals surface area contributed by atoms with Crippen LogP contribution in [0.3, 0.4) is 0 Å². The standard InChI is InChI=1S/C24H26N4O/c1-17-7-3-9-19(26-17)15-28(16-20-10-4-8-18(2)27-20)24(29)22-11-5-13-23-21(22)12-6-14-25-23/h3-5,7-11,13,25H,6,12,14-16H2,1-2H3. The summed E-state index contributed by atoms with van der Waals surface area (Å²) in [7, 11) is 0. The van der Waals surface area contributed by atoms with Crippen LogP contribution in [0.25, 0.3) is 0 Å². The number of hydrogen-bond acceptors (Lipinski definition) is 4. The largest absolute Gasteiger partial charge is 0.385 e. The van der Waals surface area contributed by atoms with Gasteiger partial charge in [-0.3, -0.25) is 14.8 Å². The number of anilines is 1. The van der Waals surface area contributed by atoms with Crippen LogP contribution in [0.2, 0.25) is 0 Å². The third-order valence-electron chi connectivity index (χ3n) is 5.21. The monoisotopic (exact) mass is 386 g/mol. The summed E-state index contributed by atoms with van der Waals surface area (Å²) in [5, 5.41) is 3.42. The molecule has 0 atom stereocenters. The fourth-order valence-electron chi connectivity index (χ4n) is 3.85. The van der Waals surface area contributed by atoms with Gasteiger partial charge in [0.05, 0.1) is 24.5 Å². The number of amides is 1. The van der Waals surface area contributed by atoms with E-state index >= 15 is 0 Å². The average molecular weight is 386 g/mol. The van der Waals surface area contributed by atoms with Crippen molar-refractivity contribution in [3.8, 4) is 0 Å². The van der Waals surface area contributed by atoms with E-state index in [9.17, 15) is 4.79 Å². The minimum absolute atomic E-state index is 0.0252. The lowest BCUT2D eigenvalue weighted by Crippen LogP contribution is -2.32. The number of carbonyl (C=O) groups excluding carboxylic acids is 1. The van der Waals surface area contributed by atoms with E-state index in [1.807, 2.05) is 67.3 Å². The Hall–Kier alpha value is -3.21. The summed E-state index contributed by atoms with van der Waals surface area (Å²) < 4.78 is 0. The van der Waals surface area contributed by atoms with Gasteiger partial charge in [0.2, 0.25) is 0 Å². The summed E-state index contributed by atoms with van der Waals surface area (Å²) >= 11 is 0. The number of fused-ring (bicyclic) bond motifs is 1. The minimum atomic E-state index is 0.0252. The molecular formula is C24H26N4O. The maximum atomic E-state index is 13.6. The van der Waals surface area contributed by atoms with Crippen LogP contribution in [0.1, 0.15) is 45.1 Å². The predicted molar refractivity (Wildman–Crippen MR) is 115 cm³/mol. The third-order valence-corrected chi connectivity index (χ3v) is 5.21. The first kappa shape index (κ1) is 19.1. The van der Waals surface area contributed by atoms with Crippen molar-refractivity contribution in [1.29, 1.82) is 0 Å². The number of rotatable bonds is 5. The second-order valence-corrected chi connectivity index (χ2v) is 7.56. The van der Waals surface area contributed by atoms with Crippen LogP contribution >= 0.6 is 0 Å². The molecule has 0 aliphatic carbocycles. The molecule has 1 aromatic carbocycles. The fraction of sp³-hybridized carbons (Fsp3) is 0.292. The number of carbonyl (C=O) groups is 1. The first-order chi connectivity index (χ1) is 14.1. The zero-order valence-electron chi connectivity index (χ0n) is 17.0. The van der Waals surface area contributed by atoms with E-state index in [0.717, 1.165) is 59.0 Å². The zero-order chi connectivity index (χ0) is 20.2. The quantitative estimate of drug-likeness (QED) is 0.710. The van der Waals surface area contributed by atoms with Gasteiger partial charge >= 0.3 is 0 Å². The molecule has 3 aromatic rings. The molecule has 1 aliphatic heterocycles. The van der Waals surface area contributed by atoms with Gasteiger partial charge in [0, 0.05) is 29.2 Å². The van der Waals surface area contributed by atoms with E-state index in [1.165, 1.54) is 0 Å². The van der Waals surface area contributed by atoms with Crippen LogP contribution in [0.5, 0.6) is 0 Å². The van der Waals surface area contributed by atoms with E-state index in [-0.39, 0.29) is 5.91 Å². The Morgan fingerprint density at radius 3 is 2.17 bits per heavy atom. The normalized spacial score (nSPS) is 12.8. The molecule has 0 radical (unpaired) electrons. The van der Waals surface area contributed by atoms with Crippen molar-refractivity contribution in [2.75, 3.05) is 11.9 Å². The molecule has 0 saturated carbocycles. The highest BCUT2D eigenvalue weighted by atomic mass is 16.2. The summed E-state index contributed by atoms with van der Waals surface area (Å²) in [4.78, 5) is 24.7. The molecule has 0 spiro atoms. The highest BCUT2D eigenvalue weighted by Gasteiger charge is 2.23. The van der Waals surface area contributed by atoms with Crippen LogP contribution in [-0.2, 0) is 19.5 Å². The predicted octanol–water partition coefficient (Wildman–Crippen LogP) is 4.29.